The number of carbonyl (C=O) groups is 1. The minimum atomic E-state index is -0.655. The molecule has 0 bridgehead atoms. The molecular weight excluding hydrogens is 302 g/mol. The van der Waals surface area contributed by atoms with Crippen molar-refractivity contribution < 1.29 is 18.3 Å². The van der Waals surface area contributed by atoms with E-state index in [1.165, 1.54) is 12.1 Å². The van der Waals surface area contributed by atoms with Crippen LogP contribution in [0.3, 0.4) is 0 Å². The summed E-state index contributed by atoms with van der Waals surface area (Å²) in [4.78, 5) is 16.6. The van der Waals surface area contributed by atoms with Gasteiger partial charge in [0.15, 0.2) is 0 Å². The third kappa shape index (κ3) is 4.06. The summed E-state index contributed by atoms with van der Waals surface area (Å²) >= 11 is 0. The zero-order valence-corrected chi connectivity index (χ0v) is 13.1. The highest BCUT2D eigenvalue weighted by molar-refractivity contribution is 5.78. The van der Waals surface area contributed by atoms with Crippen molar-refractivity contribution in [1.82, 2.24) is 9.80 Å². The molecule has 1 aromatic rings. The van der Waals surface area contributed by atoms with Gasteiger partial charge in [0.25, 0.3) is 0 Å². The largest absolute Gasteiger partial charge is 0.380 e. The Bertz CT molecular complexity index is 562. The maximum Gasteiger partial charge on any atom is 0.227 e. The number of carbonyl (C=O) groups excluding carboxylic acids is 1. The second kappa shape index (κ2) is 7.36. The van der Waals surface area contributed by atoms with Crippen LogP contribution in [0.5, 0.6) is 0 Å². The second-order valence-electron chi connectivity index (χ2n) is 6.20. The van der Waals surface area contributed by atoms with E-state index in [0.717, 1.165) is 45.2 Å². The molecule has 0 saturated carbocycles. The van der Waals surface area contributed by atoms with Crippen LogP contribution in [0.4, 0.5) is 8.78 Å². The fourth-order valence-corrected chi connectivity index (χ4v) is 3.30. The predicted octanol–water partition coefficient (Wildman–Crippen LogP) is 1.83. The average Bonchev–Trinajstić information content (AvgIpc) is 2.94. The van der Waals surface area contributed by atoms with Gasteiger partial charge >= 0.3 is 0 Å². The highest BCUT2D eigenvalue weighted by atomic mass is 19.1. The van der Waals surface area contributed by atoms with E-state index < -0.39 is 11.6 Å². The fourth-order valence-electron chi connectivity index (χ4n) is 3.30. The molecule has 1 aromatic carbocycles. The van der Waals surface area contributed by atoms with Crippen molar-refractivity contribution in [2.75, 3.05) is 39.4 Å². The second-order valence-corrected chi connectivity index (χ2v) is 6.20. The van der Waals surface area contributed by atoms with Gasteiger partial charge in [-0.15, -0.1) is 0 Å². The molecule has 6 heteroatoms. The van der Waals surface area contributed by atoms with Crippen LogP contribution in [-0.4, -0.2) is 61.1 Å². The van der Waals surface area contributed by atoms with E-state index in [1.807, 2.05) is 0 Å². The molecule has 2 aliphatic rings. The van der Waals surface area contributed by atoms with Gasteiger partial charge in [-0.25, -0.2) is 8.78 Å². The Balaban J connectivity index is 1.57. The van der Waals surface area contributed by atoms with Crippen LogP contribution in [0, 0.1) is 11.6 Å². The number of amides is 1. The molecule has 0 spiro atoms. The summed E-state index contributed by atoms with van der Waals surface area (Å²) in [6.45, 7) is 4.71. The Kier molecular flexibility index (Phi) is 5.23. The van der Waals surface area contributed by atoms with E-state index in [4.69, 9.17) is 4.74 Å². The smallest absolute Gasteiger partial charge is 0.227 e. The predicted molar refractivity (Wildman–Crippen MR) is 82.1 cm³/mol. The van der Waals surface area contributed by atoms with Crippen LogP contribution in [0.25, 0.3) is 0 Å². The molecule has 2 aliphatic heterocycles. The quantitative estimate of drug-likeness (QED) is 0.850. The molecule has 2 saturated heterocycles. The summed E-state index contributed by atoms with van der Waals surface area (Å²) in [5, 5.41) is 0. The van der Waals surface area contributed by atoms with Gasteiger partial charge in [-0.1, -0.05) is 6.07 Å². The molecule has 1 amide bonds. The maximum atomic E-state index is 13.7. The topological polar surface area (TPSA) is 32.8 Å². The molecule has 0 N–H and O–H groups in total. The van der Waals surface area contributed by atoms with Crippen LogP contribution in [-0.2, 0) is 16.0 Å². The Hall–Kier alpha value is -1.53. The van der Waals surface area contributed by atoms with Gasteiger partial charge in [-0.2, -0.15) is 0 Å². The molecule has 0 radical (unpaired) electrons. The van der Waals surface area contributed by atoms with Crippen LogP contribution in [0.15, 0.2) is 18.2 Å². The summed E-state index contributed by atoms with van der Waals surface area (Å²) in [6, 6.07) is 3.82. The van der Waals surface area contributed by atoms with E-state index in [1.54, 1.807) is 4.90 Å². The number of nitrogens with zero attached hydrogens (tertiary/aromatic N) is 2. The van der Waals surface area contributed by atoms with Gasteiger partial charge in [0, 0.05) is 44.9 Å². The summed E-state index contributed by atoms with van der Waals surface area (Å²) in [5.74, 6) is -1.37. The lowest BCUT2D eigenvalue weighted by molar-refractivity contribution is -0.130. The molecule has 23 heavy (non-hydrogen) atoms. The van der Waals surface area contributed by atoms with Gasteiger partial charge in [0.05, 0.1) is 13.0 Å². The first-order valence-electron chi connectivity index (χ1n) is 8.17. The molecule has 1 atom stereocenters. The van der Waals surface area contributed by atoms with Crippen molar-refractivity contribution in [2.24, 2.45) is 0 Å². The van der Waals surface area contributed by atoms with Crippen molar-refractivity contribution in [1.29, 1.82) is 0 Å². The van der Waals surface area contributed by atoms with E-state index in [0.29, 0.717) is 19.1 Å². The molecule has 0 aliphatic carbocycles. The number of hydrogen-bond acceptors (Lipinski definition) is 3. The van der Waals surface area contributed by atoms with Gasteiger partial charge < -0.3 is 9.64 Å². The number of benzene rings is 1. The molecule has 0 aromatic heterocycles. The van der Waals surface area contributed by atoms with Crippen molar-refractivity contribution in [3.63, 3.8) is 0 Å². The number of rotatable bonds is 3. The lowest BCUT2D eigenvalue weighted by atomic mass is 10.1. The van der Waals surface area contributed by atoms with E-state index in [9.17, 15) is 13.6 Å². The first-order chi connectivity index (χ1) is 11.1. The monoisotopic (exact) mass is 324 g/mol. The van der Waals surface area contributed by atoms with Gasteiger partial charge in [0.2, 0.25) is 5.91 Å². The molecule has 126 valence electrons. The van der Waals surface area contributed by atoms with Crippen molar-refractivity contribution in [3.05, 3.63) is 35.4 Å². The zero-order chi connectivity index (χ0) is 16.2. The van der Waals surface area contributed by atoms with Crippen molar-refractivity contribution >= 4 is 5.91 Å². The Labute approximate surface area is 135 Å². The molecule has 1 unspecified atom stereocenters. The summed E-state index contributed by atoms with van der Waals surface area (Å²) < 4.78 is 32.1. The molecular formula is C17H22F2N2O2. The third-order valence-electron chi connectivity index (χ3n) is 4.66. The standard InChI is InChI=1S/C17H22F2N2O2/c18-14-3-2-13(16(19)11-14)10-17(22)21-6-1-5-20(7-8-21)15-4-9-23-12-15/h2-3,11,15H,1,4-10,12H2. The Morgan fingerprint density at radius 2 is 2.09 bits per heavy atom. The van der Waals surface area contributed by atoms with Gasteiger partial charge in [-0.05, 0) is 24.5 Å². The Morgan fingerprint density at radius 1 is 1.22 bits per heavy atom. The van der Waals surface area contributed by atoms with Crippen LogP contribution in [0.1, 0.15) is 18.4 Å². The highest BCUT2D eigenvalue weighted by Gasteiger charge is 2.26. The highest BCUT2D eigenvalue weighted by Crippen LogP contribution is 2.16. The SMILES string of the molecule is O=C(Cc1ccc(F)cc1F)N1CCCN(C2CCOC2)CC1. The minimum absolute atomic E-state index is 0.0152. The van der Waals surface area contributed by atoms with Crippen molar-refractivity contribution in [2.45, 2.75) is 25.3 Å². The molecule has 3 rings (SSSR count). The first-order valence-corrected chi connectivity index (χ1v) is 8.17. The first kappa shape index (κ1) is 16.3. The van der Waals surface area contributed by atoms with Crippen molar-refractivity contribution in [3.8, 4) is 0 Å². The third-order valence-corrected chi connectivity index (χ3v) is 4.66. The van der Waals surface area contributed by atoms with Gasteiger partial charge in [-0.3, -0.25) is 9.69 Å². The zero-order valence-electron chi connectivity index (χ0n) is 13.1. The lowest BCUT2D eigenvalue weighted by Gasteiger charge is -2.26. The van der Waals surface area contributed by atoms with E-state index in [2.05, 4.69) is 4.90 Å². The Morgan fingerprint density at radius 3 is 2.83 bits per heavy atom. The summed E-state index contributed by atoms with van der Waals surface area (Å²) in [5.41, 5.74) is 0.252. The number of halogens is 2. The molecule has 2 heterocycles. The van der Waals surface area contributed by atoms with E-state index >= 15 is 0 Å². The van der Waals surface area contributed by atoms with Crippen LogP contribution in [0.2, 0.25) is 0 Å². The van der Waals surface area contributed by atoms with Crippen LogP contribution >= 0.6 is 0 Å². The van der Waals surface area contributed by atoms with Gasteiger partial charge in [0.1, 0.15) is 11.6 Å². The fraction of sp³-hybridized carbons (Fsp3) is 0.588. The maximum absolute atomic E-state index is 13.7. The molecule has 4 nitrogen and oxygen atoms in total. The molecule has 2 fully saturated rings. The minimum Gasteiger partial charge on any atom is -0.380 e. The normalized spacial score (nSPS) is 23.0. The average molecular weight is 324 g/mol. The summed E-state index contributed by atoms with van der Waals surface area (Å²) in [7, 11) is 0. The summed E-state index contributed by atoms with van der Waals surface area (Å²) in [6.07, 6.45) is 1.95. The lowest BCUT2D eigenvalue weighted by Crippen LogP contribution is -2.40. The van der Waals surface area contributed by atoms with Crippen LogP contribution < -0.4 is 0 Å². The number of ether oxygens (including phenoxy) is 1. The van der Waals surface area contributed by atoms with E-state index in [-0.39, 0.29) is 17.9 Å². The number of hydrogen-bond donors (Lipinski definition) is 0.